The molecule has 0 amide bonds. The van der Waals surface area contributed by atoms with Crippen LogP contribution in [0.1, 0.15) is 67.6 Å². The smallest absolute Gasteiger partial charge is 0.335 e. The van der Waals surface area contributed by atoms with Crippen LogP contribution in [0, 0.1) is 11.2 Å². The monoisotopic (exact) mass is 364 g/mol. The lowest BCUT2D eigenvalue weighted by Gasteiger charge is -2.42. The zero-order valence-corrected chi connectivity index (χ0v) is 16.5. The average molecular weight is 365 g/mol. The van der Waals surface area contributed by atoms with E-state index in [1.54, 1.807) is 36.0 Å². The van der Waals surface area contributed by atoms with Gasteiger partial charge >= 0.3 is 5.97 Å². The molecule has 0 heterocycles. The van der Waals surface area contributed by atoms with Crippen molar-refractivity contribution in [2.45, 2.75) is 56.3 Å². The lowest BCUT2D eigenvalue weighted by molar-refractivity contribution is 0.0697. The van der Waals surface area contributed by atoms with Gasteiger partial charge in [0, 0.05) is 10.5 Å². The zero-order valence-electron chi connectivity index (χ0n) is 15.7. The Morgan fingerprint density at radius 3 is 2.31 bits per heavy atom. The van der Waals surface area contributed by atoms with Gasteiger partial charge in [-0.25, -0.2) is 4.79 Å². The molecular formula is C23H24O2S. The summed E-state index contributed by atoms with van der Waals surface area (Å²) in [6.07, 6.45) is 2.37. The SMILES string of the molecule is CC1(C)CCC(C)(C)c2c(SC#Cc3ccc(C(=O)O)cc3)cccc21. The number of hydrogen-bond donors (Lipinski definition) is 1. The highest BCUT2D eigenvalue weighted by Crippen LogP contribution is 2.48. The molecule has 0 radical (unpaired) electrons. The highest BCUT2D eigenvalue weighted by atomic mass is 32.2. The molecule has 1 N–H and O–H groups in total. The van der Waals surface area contributed by atoms with Crippen molar-refractivity contribution in [3.05, 3.63) is 64.7 Å². The maximum absolute atomic E-state index is 10.9. The van der Waals surface area contributed by atoms with E-state index in [-0.39, 0.29) is 16.4 Å². The van der Waals surface area contributed by atoms with E-state index in [0.29, 0.717) is 0 Å². The summed E-state index contributed by atoms with van der Waals surface area (Å²) < 4.78 is 0. The van der Waals surface area contributed by atoms with E-state index in [2.05, 4.69) is 57.1 Å². The Balaban J connectivity index is 1.90. The summed E-state index contributed by atoms with van der Waals surface area (Å²) in [6.45, 7) is 9.29. The van der Waals surface area contributed by atoms with Crippen LogP contribution in [0.5, 0.6) is 0 Å². The van der Waals surface area contributed by atoms with E-state index < -0.39 is 5.97 Å². The zero-order chi connectivity index (χ0) is 18.9. The van der Waals surface area contributed by atoms with Crippen LogP contribution < -0.4 is 0 Å². The third-order valence-corrected chi connectivity index (χ3v) is 6.06. The number of benzene rings is 2. The van der Waals surface area contributed by atoms with Crippen LogP contribution in [-0.2, 0) is 10.8 Å². The summed E-state index contributed by atoms with van der Waals surface area (Å²) in [5.74, 6) is 2.22. The third kappa shape index (κ3) is 3.66. The minimum atomic E-state index is -0.917. The maximum atomic E-state index is 10.9. The fourth-order valence-corrected chi connectivity index (χ4v) is 4.51. The first-order valence-electron chi connectivity index (χ1n) is 8.86. The normalized spacial score (nSPS) is 16.9. The van der Waals surface area contributed by atoms with Crippen molar-refractivity contribution in [2.24, 2.45) is 0 Å². The van der Waals surface area contributed by atoms with E-state index in [0.717, 1.165) is 5.56 Å². The Labute approximate surface area is 160 Å². The second-order valence-corrected chi connectivity index (χ2v) is 9.01. The molecule has 0 fully saturated rings. The van der Waals surface area contributed by atoms with Gasteiger partial charge in [-0.2, -0.15) is 0 Å². The van der Waals surface area contributed by atoms with E-state index in [1.165, 1.54) is 28.9 Å². The van der Waals surface area contributed by atoms with Gasteiger partial charge in [-0.15, -0.1) is 0 Å². The highest BCUT2D eigenvalue weighted by molar-refractivity contribution is 8.04. The van der Waals surface area contributed by atoms with E-state index >= 15 is 0 Å². The number of carboxylic acids is 1. The van der Waals surface area contributed by atoms with Crippen molar-refractivity contribution in [3.63, 3.8) is 0 Å². The molecule has 0 aliphatic heterocycles. The Bertz CT molecular complexity index is 896. The number of carboxylic acid groups (broad SMARTS) is 1. The van der Waals surface area contributed by atoms with Crippen molar-refractivity contribution >= 4 is 17.7 Å². The Kier molecular flexibility index (Phi) is 4.90. The summed E-state index contributed by atoms with van der Waals surface area (Å²) in [5, 5.41) is 12.2. The van der Waals surface area contributed by atoms with Gasteiger partial charge < -0.3 is 5.11 Å². The summed E-state index contributed by atoms with van der Waals surface area (Å²) in [7, 11) is 0. The van der Waals surface area contributed by atoms with Gasteiger partial charge in [-0.05, 0) is 82.1 Å². The maximum Gasteiger partial charge on any atom is 0.335 e. The molecule has 0 unspecified atom stereocenters. The number of rotatable bonds is 2. The van der Waals surface area contributed by atoms with Gasteiger partial charge in [-0.3, -0.25) is 0 Å². The van der Waals surface area contributed by atoms with Crippen LogP contribution >= 0.6 is 11.8 Å². The van der Waals surface area contributed by atoms with Crippen LogP contribution in [0.3, 0.4) is 0 Å². The molecule has 2 aromatic carbocycles. The average Bonchev–Trinajstić information content (AvgIpc) is 2.59. The minimum absolute atomic E-state index is 0.152. The van der Waals surface area contributed by atoms with Crippen LogP contribution in [0.2, 0.25) is 0 Å². The van der Waals surface area contributed by atoms with E-state index in [1.807, 2.05) is 0 Å². The first-order chi connectivity index (χ1) is 12.2. The van der Waals surface area contributed by atoms with Crippen LogP contribution in [0.15, 0.2) is 47.4 Å². The highest BCUT2D eigenvalue weighted by Gasteiger charge is 2.38. The Morgan fingerprint density at radius 1 is 1.00 bits per heavy atom. The Hall–Kier alpha value is -2.18. The van der Waals surface area contributed by atoms with Crippen LogP contribution in [0.4, 0.5) is 0 Å². The molecule has 0 spiro atoms. The van der Waals surface area contributed by atoms with Crippen molar-refractivity contribution < 1.29 is 9.90 Å². The molecule has 0 saturated heterocycles. The van der Waals surface area contributed by atoms with Crippen molar-refractivity contribution in [1.82, 2.24) is 0 Å². The molecule has 1 aliphatic carbocycles. The van der Waals surface area contributed by atoms with Crippen molar-refractivity contribution in [3.8, 4) is 11.2 Å². The fourth-order valence-electron chi connectivity index (χ4n) is 3.60. The van der Waals surface area contributed by atoms with Gasteiger partial charge in [0.05, 0.1) is 5.56 Å². The molecule has 0 saturated carbocycles. The van der Waals surface area contributed by atoms with Crippen molar-refractivity contribution in [2.75, 3.05) is 0 Å². The van der Waals surface area contributed by atoms with E-state index in [4.69, 9.17) is 5.11 Å². The molecule has 26 heavy (non-hydrogen) atoms. The topological polar surface area (TPSA) is 37.3 Å². The number of thioether (sulfide) groups is 1. The second kappa shape index (κ2) is 6.85. The minimum Gasteiger partial charge on any atom is -0.478 e. The quantitative estimate of drug-likeness (QED) is 0.538. The number of aromatic carboxylic acids is 1. The lowest BCUT2D eigenvalue weighted by atomic mass is 9.63. The molecule has 3 rings (SSSR count). The number of fused-ring (bicyclic) bond motifs is 1. The summed E-state index contributed by atoms with van der Waals surface area (Å²) in [5.41, 5.74) is 4.32. The molecule has 0 bridgehead atoms. The van der Waals surface area contributed by atoms with Gasteiger partial charge in [-0.1, -0.05) is 45.7 Å². The first-order valence-corrected chi connectivity index (χ1v) is 9.67. The molecule has 0 aromatic heterocycles. The molecule has 0 atom stereocenters. The van der Waals surface area contributed by atoms with Gasteiger partial charge in [0.2, 0.25) is 0 Å². The predicted molar refractivity (Wildman–Crippen MR) is 108 cm³/mol. The Morgan fingerprint density at radius 2 is 1.65 bits per heavy atom. The molecule has 2 nitrogen and oxygen atoms in total. The van der Waals surface area contributed by atoms with Crippen LogP contribution in [-0.4, -0.2) is 11.1 Å². The van der Waals surface area contributed by atoms with Crippen LogP contribution in [0.25, 0.3) is 0 Å². The first kappa shape index (κ1) is 18.6. The molecule has 1 aliphatic rings. The number of hydrogen-bond acceptors (Lipinski definition) is 2. The second-order valence-electron chi connectivity index (χ2n) is 8.16. The van der Waals surface area contributed by atoms with Gasteiger partial charge in [0.1, 0.15) is 0 Å². The largest absolute Gasteiger partial charge is 0.478 e. The molecular weight excluding hydrogens is 340 g/mol. The van der Waals surface area contributed by atoms with Crippen molar-refractivity contribution in [1.29, 1.82) is 0 Å². The van der Waals surface area contributed by atoms with Gasteiger partial charge in [0.15, 0.2) is 0 Å². The third-order valence-electron chi connectivity index (χ3n) is 5.30. The van der Waals surface area contributed by atoms with Gasteiger partial charge in [0.25, 0.3) is 0 Å². The van der Waals surface area contributed by atoms with E-state index in [9.17, 15) is 4.79 Å². The molecule has 134 valence electrons. The fraction of sp³-hybridized carbons (Fsp3) is 0.348. The predicted octanol–water partition coefficient (Wildman–Crippen LogP) is 5.84. The lowest BCUT2D eigenvalue weighted by Crippen LogP contribution is -2.34. The standard InChI is InChI=1S/C23H24O2S/c1-22(2)13-14-23(3,4)20-18(22)6-5-7-19(20)26-15-12-16-8-10-17(11-9-16)21(24)25/h5-11H,13-14H2,1-4H3,(H,24,25). The summed E-state index contributed by atoms with van der Waals surface area (Å²) in [4.78, 5) is 12.2. The molecule has 3 heteroatoms. The summed E-state index contributed by atoms with van der Waals surface area (Å²) in [6, 6.07) is 13.2. The summed E-state index contributed by atoms with van der Waals surface area (Å²) >= 11 is 1.57. The number of carbonyl (C=O) groups is 1. The molecule has 2 aromatic rings.